The average Bonchev–Trinajstić information content (AvgIpc) is 3.45. The summed E-state index contributed by atoms with van der Waals surface area (Å²) < 4.78 is 7.62. The van der Waals surface area contributed by atoms with Gasteiger partial charge in [-0.3, -0.25) is 0 Å². The third kappa shape index (κ3) is 3.52. The van der Waals surface area contributed by atoms with E-state index in [9.17, 15) is 5.26 Å². The Morgan fingerprint density at radius 1 is 1.30 bits per heavy atom. The van der Waals surface area contributed by atoms with Gasteiger partial charge in [0.1, 0.15) is 16.8 Å². The van der Waals surface area contributed by atoms with Gasteiger partial charge in [0.2, 0.25) is 0 Å². The van der Waals surface area contributed by atoms with Gasteiger partial charge >= 0.3 is 0 Å². The molecule has 4 aromatic rings. The second-order valence-corrected chi connectivity index (χ2v) is 8.06. The number of thiazole rings is 1. The zero-order valence-electron chi connectivity index (χ0n) is 15.0. The summed E-state index contributed by atoms with van der Waals surface area (Å²) in [5.41, 5.74) is 4.92. The highest BCUT2D eigenvalue weighted by atomic mass is 32.1. The molecule has 0 N–H and O–H groups in total. The van der Waals surface area contributed by atoms with Crippen LogP contribution in [0.25, 0.3) is 22.9 Å². The van der Waals surface area contributed by atoms with Crippen LogP contribution in [-0.2, 0) is 6.54 Å². The first kappa shape index (κ1) is 17.5. The smallest absolute Gasteiger partial charge is 0.134 e. The molecule has 0 spiro atoms. The van der Waals surface area contributed by atoms with Crippen molar-refractivity contribution >= 4 is 34.3 Å². The van der Waals surface area contributed by atoms with Crippen molar-refractivity contribution in [3.05, 3.63) is 74.4 Å². The number of thiophene rings is 1. The maximum atomic E-state index is 9.51. The molecule has 6 heteroatoms. The number of nitriles is 1. The Morgan fingerprint density at radius 3 is 2.89 bits per heavy atom. The molecule has 134 valence electrons. The van der Waals surface area contributed by atoms with E-state index in [1.165, 1.54) is 27.6 Å². The summed E-state index contributed by atoms with van der Waals surface area (Å²) in [6.07, 6.45) is 3.32. The lowest BCUT2D eigenvalue weighted by molar-refractivity contribution is 0.557. The molecule has 0 saturated heterocycles. The number of rotatable bonds is 5. The molecular formula is C21H17N3OS2. The number of hydrogen-bond acceptors (Lipinski definition) is 5. The third-order valence-electron chi connectivity index (χ3n) is 4.43. The molecule has 0 saturated carbocycles. The Hall–Kier alpha value is -2.88. The molecule has 4 aromatic heterocycles. The van der Waals surface area contributed by atoms with Crippen LogP contribution in [0.1, 0.15) is 27.0 Å². The molecule has 4 nitrogen and oxygen atoms in total. The first-order chi connectivity index (χ1) is 13.2. The Morgan fingerprint density at radius 2 is 2.19 bits per heavy atom. The highest BCUT2D eigenvalue weighted by Gasteiger charge is 2.16. The van der Waals surface area contributed by atoms with Crippen molar-refractivity contribution in [2.24, 2.45) is 0 Å². The minimum atomic E-state index is 0.508. The van der Waals surface area contributed by atoms with E-state index in [1.54, 1.807) is 29.7 Å². The van der Waals surface area contributed by atoms with E-state index < -0.39 is 0 Å². The molecule has 0 aliphatic heterocycles. The summed E-state index contributed by atoms with van der Waals surface area (Å²) in [6, 6.07) is 12.3. The van der Waals surface area contributed by atoms with E-state index in [0.29, 0.717) is 16.3 Å². The molecule has 0 atom stereocenters. The van der Waals surface area contributed by atoms with Crippen LogP contribution in [0, 0.1) is 25.2 Å². The van der Waals surface area contributed by atoms with Gasteiger partial charge in [-0.25, -0.2) is 4.98 Å². The third-order valence-corrected chi connectivity index (χ3v) is 6.17. The molecule has 4 rings (SSSR count). The van der Waals surface area contributed by atoms with Crippen molar-refractivity contribution in [1.29, 1.82) is 5.26 Å². The van der Waals surface area contributed by atoms with Crippen LogP contribution in [0.5, 0.6) is 0 Å². The number of hydrogen-bond donors (Lipinski definition) is 0. The topological polar surface area (TPSA) is 54.8 Å². The lowest BCUT2D eigenvalue weighted by Gasteiger charge is -2.08. The fourth-order valence-corrected chi connectivity index (χ4v) is 4.52. The molecule has 0 aliphatic rings. The summed E-state index contributed by atoms with van der Waals surface area (Å²) in [7, 11) is 0. The summed E-state index contributed by atoms with van der Waals surface area (Å²) in [5, 5.41) is 14.3. The van der Waals surface area contributed by atoms with Gasteiger partial charge in [0, 0.05) is 33.3 Å². The summed E-state index contributed by atoms with van der Waals surface area (Å²) in [5.74, 6) is 0.650. The normalized spacial score (nSPS) is 11.7. The predicted molar refractivity (Wildman–Crippen MR) is 111 cm³/mol. The van der Waals surface area contributed by atoms with Gasteiger partial charge < -0.3 is 8.98 Å². The molecule has 0 amide bonds. The number of allylic oxidation sites excluding steroid dienone is 1. The fraction of sp³-hybridized carbons (Fsp3) is 0.143. The minimum Gasteiger partial charge on any atom is -0.465 e. The number of furan rings is 1. The van der Waals surface area contributed by atoms with E-state index in [-0.39, 0.29) is 0 Å². The molecular weight excluding hydrogens is 374 g/mol. The Bertz CT molecular complexity index is 1120. The van der Waals surface area contributed by atoms with Crippen LogP contribution in [0.4, 0.5) is 0 Å². The highest BCUT2D eigenvalue weighted by molar-refractivity contribution is 7.11. The molecule has 0 fully saturated rings. The largest absolute Gasteiger partial charge is 0.465 e. The zero-order valence-corrected chi connectivity index (χ0v) is 16.6. The maximum Gasteiger partial charge on any atom is 0.134 e. The van der Waals surface area contributed by atoms with E-state index in [0.717, 1.165) is 17.8 Å². The van der Waals surface area contributed by atoms with Crippen molar-refractivity contribution in [3.63, 3.8) is 0 Å². The standard InChI is InChI=1S/C21H17N3OS2/c1-14-9-19(15(2)24(14)12-18-6-4-8-26-18)20-13-27-21(23-20)16(11-22)10-17-5-3-7-25-17/h3-10,13H,12H2,1-2H3/b16-10+. The first-order valence-electron chi connectivity index (χ1n) is 8.46. The van der Waals surface area contributed by atoms with E-state index in [4.69, 9.17) is 9.40 Å². The highest BCUT2D eigenvalue weighted by Crippen LogP contribution is 2.31. The van der Waals surface area contributed by atoms with Gasteiger partial charge in [-0.1, -0.05) is 6.07 Å². The molecule has 27 heavy (non-hydrogen) atoms. The van der Waals surface area contributed by atoms with Crippen LogP contribution in [-0.4, -0.2) is 9.55 Å². The van der Waals surface area contributed by atoms with Crippen molar-refractivity contribution < 1.29 is 4.42 Å². The number of aryl methyl sites for hydroxylation is 1. The molecule has 0 unspecified atom stereocenters. The van der Waals surface area contributed by atoms with Gasteiger partial charge in [-0.2, -0.15) is 5.26 Å². The van der Waals surface area contributed by atoms with E-state index in [2.05, 4.69) is 48.1 Å². The molecule has 0 aromatic carbocycles. The van der Waals surface area contributed by atoms with E-state index >= 15 is 0 Å². The Balaban J connectivity index is 1.67. The van der Waals surface area contributed by atoms with Crippen molar-refractivity contribution in [1.82, 2.24) is 9.55 Å². The SMILES string of the molecule is Cc1cc(-c2csc(/C(C#N)=C/c3ccco3)n2)c(C)n1Cc1cccs1. The minimum absolute atomic E-state index is 0.508. The van der Waals surface area contributed by atoms with Crippen molar-refractivity contribution in [3.8, 4) is 17.3 Å². The van der Waals surface area contributed by atoms with Gasteiger partial charge in [0.05, 0.1) is 24.1 Å². The molecule has 0 bridgehead atoms. The number of nitrogens with zero attached hydrogens (tertiary/aromatic N) is 3. The van der Waals surface area contributed by atoms with Gasteiger partial charge in [-0.05, 0) is 43.5 Å². The predicted octanol–water partition coefficient (Wildman–Crippen LogP) is 6.00. The Labute approximate surface area is 165 Å². The molecule has 4 heterocycles. The van der Waals surface area contributed by atoms with Crippen molar-refractivity contribution in [2.75, 3.05) is 0 Å². The lowest BCUT2D eigenvalue weighted by Crippen LogP contribution is -2.02. The average molecular weight is 392 g/mol. The van der Waals surface area contributed by atoms with Crippen LogP contribution >= 0.6 is 22.7 Å². The van der Waals surface area contributed by atoms with Crippen LogP contribution in [0.15, 0.2) is 51.8 Å². The summed E-state index contributed by atoms with van der Waals surface area (Å²) >= 11 is 3.24. The van der Waals surface area contributed by atoms with Crippen molar-refractivity contribution in [2.45, 2.75) is 20.4 Å². The zero-order chi connectivity index (χ0) is 18.8. The first-order valence-corrected chi connectivity index (χ1v) is 10.2. The maximum absolute atomic E-state index is 9.51. The second-order valence-electron chi connectivity index (χ2n) is 6.17. The molecule has 0 aliphatic carbocycles. The summed E-state index contributed by atoms with van der Waals surface area (Å²) in [6.45, 7) is 5.11. The molecule has 0 radical (unpaired) electrons. The van der Waals surface area contributed by atoms with Gasteiger partial charge in [0.25, 0.3) is 0 Å². The lowest BCUT2D eigenvalue weighted by atomic mass is 10.2. The van der Waals surface area contributed by atoms with Gasteiger partial charge in [-0.15, -0.1) is 22.7 Å². The summed E-state index contributed by atoms with van der Waals surface area (Å²) in [4.78, 5) is 6.05. The van der Waals surface area contributed by atoms with Gasteiger partial charge in [0.15, 0.2) is 0 Å². The quantitative estimate of drug-likeness (QED) is 0.392. The fourth-order valence-electron chi connectivity index (χ4n) is 3.04. The van der Waals surface area contributed by atoms with Crippen LogP contribution in [0.2, 0.25) is 0 Å². The monoisotopic (exact) mass is 391 g/mol. The Kier molecular flexibility index (Phi) is 4.80. The van der Waals surface area contributed by atoms with E-state index in [1.807, 2.05) is 11.4 Å². The van der Waals surface area contributed by atoms with Crippen LogP contribution < -0.4 is 0 Å². The number of aromatic nitrogens is 2. The van der Waals surface area contributed by atoms with Crippen LogP contribution in [0.3, 0.4) is 0 Å². The second kappa shape index (κ2) is 7.39.